The van der Waals surface area contributed by atoms with Crippen molar-refractivity contribution >= 4 is 11.8 Å². The summed E-state index contributed by atoms with van der Waals surface area (Å²) in [6, 6.07) is 11.2. The molecule has 0 spiro atoms. The molecule has 0 bridgehead atoms. The van der Waals surface area contributed by atoms with E-state index in [1.165, 1.54) is 0 Å². The van der Waals surface area contributed by atoms with Crippen LogP contribution in [0.15, 0.2) is 55.1 Å². The van der Waals surface area contributed by atoms with Crippen LogP contribution >= 0.6 is 0 Å². The second-order valence-corrected chi connectivity index (χ2v) is 5.56. The molecular formula is C18H17N5O2. The number of aromatic nitrogens is 3. The molecule has 0 unspecified atom stereocenters. The Hall–Kier alpha value is -3.48. The molecule has 3 rings (SSSR count). The monoisotopic (exact) mass is 335 g/mol. The standard InChI is InChI=1S/C18H17N5O2/c19-18(20)13-3-1-12(2-4-13)14-5-7-16(21-9-14)23-10-15(22-11-23)6-8-17(24)25/h1-5,7,9-11H,6,8H2,(H3,19,20)(H,24,25). The van der Waals surface area contributed by atoms with Gasteiger partial charge in [-0.1, -0.05) is 24.3 Å². The topological polar surface area (TPSA) is 118 Å². The normalized spacial score (nSPS) is 10.6. The molecule has 0 radical (unpaired) electrons. The quantitative estimate of drug-likeness (QED) is 0.471. The van der Waals surface area contributed by atoms with Crippen molar-refractivity contribution in [2.24, 2.45) is 5.73 Å². The molecule has 2 aromatic heterocycles. The van der Waals surface area contributed by atoms with Gasteiger partial charge in [-0.25, -0.2) is 9.97 Å². The maximum atomic E-state index is 10.6. The number of amidine groups is 1. The molecule has 126 valence electrons. The Morgan fingerprint density at radius 1 is 1.12 bits per heavy atom. The van der Waals surface area contributed by atoms with Crippen molar-refractivity contribution < 1.29 is 9.90 Å². The van der Waals surface area contributed by atoms with Crippen molar-refractivity contribution in [3.05, 3.63) is 66.4 Å². The molecule has 1 aromatic carbocycles. The van der Waals surface area contributed by atoms with Crippen LogP contribution in [0.25, 0.3) is 16.9 Å². The van der Waals surface area contributed by atoms with Gasteiger partial charge in [-0.3, -0.25) is 14.8 Å². The van der Waals surface area contributed by atoms with Crippen LogP contribution in [0.4, 0.5) is 0 Å². The Morgan fingerprint density at radius 2 is 1.84 bits per heavy atom. The van der Waals surface area contributed by atoms with Crippen LogP contribution in [0.5, 0.6) is 0 Å². The summed E-state index contributed by atoms with van der Waals surface area (Å²) in [5.41, 5.74) is 8.79. The van der Waals surface area contributed by atoms with E-state index >= 15 is 0 Å². The van der Waals surface area contributed by atoms with Crippen LogP contribution in [-0.2, 0) is 11.2 Å². The zero-order valence-electron chi connectivity index (χ0n) is 13.4. The van der Waals surface area contributed by atoms with Gasteiger partial charge < -0.3 is 10.8 Å². The highest BCUT2D eigenvalue weighted by atomic mass is 16.4. The van der Waals surface area contributed by atoms with E-state index in [-0.39, 0.29) is 12.3 Å². The summed E-state index contributed by atoms with van der Waals surface area (Å²) in [6.07, 6.45) is 5.62. The highest BCUT2D eigenvalue weighted by Gasteiger charge is 2.06. The first kappa shape index (κ1) is 16.4. The Kier molecular flexibility index (Phi) is 4.56. The van der Waals surface area contributed by atoms with Gasteiger partial charge in [0.1, 0.15) is 18.0 Å². The molecular weight excluding hydrogens is 318 g/mol. The molecule has 4 N–H and O–H groups in total. The highest BCUT2D eigenvalue weighted by Crippen LogP contribution is 2.20. The van der Waals surface area contributed by atoms with E-state index in [4.69, 9.17) is 16.2 Å². The second-order valence-electron chi connectivity index (χ2n) is 5.56. The largest absolute Gasteiger partial charge is 0.481 e. The highest BCUT2D eigenvalue weighted by molar-refractivity contribution is 5.95. The average molecular weight is 335 g/mol. The fourth-order valence-electron chi connectivity index (χ4n) is 2.40. The van der Waals surface area contributed by atoms with Gasteiger partial charge in [0.15, 0.2) is 0 Å². The zero-order valence-corrected chi connectivity index (χ0v) is 13.4. The summed E-state index contributed by atoms with van der Waals surface area (Å²) in [5, 5.41) is 16.1. The number of nitrogens with two attached hydrogens (primary N) is 1. The van der Waals surface area contributed by atoms with Gasteiger partial charge >= 0.3 is 5.97 Å². The van der Waals surface area contributed by atoms with Crippen molar-refractivity contribution in [3.63, 3.8) is 0 Å². The number of nitrogens with zero attached hydrogens (tertiary/aromatic N) is 3. The van der Waals surface area contributed by atoms with Crippen molar-refractivity contribution in [1.29, 1.82) is 5.41 Å². The van der Waals surface area contributed by atoms with Gasteiger partial charge in [-0.15, -0.1) is 0 Å². The number of carbonyl (C=O) groups is 1. The van der Waals surface area contributed by atoms with Crippen molar-refractivity contribution in [2.45, 2.75) is 12.8 Å². The van der Waals surface area contributed by atoms with Gasteiger partial charge in [0.25, 0.3) is 0 Å². The summed E-state index contributed by atoms with van der Waals surface area (Å²) >= 11 is 0. The van der Waals surface area contributed by atoms with Crippen LogP contribution < -0.4 is 5.73 Å². The number of aryl methyl sites for hydroxylation is 1. The maximum Gasteiger partial charge on any atom is 0.303 e. The van der Waals surface area contributed by atoms with E-state index in [0.717, 1.165) is 11.1 Å². The summed E-state index contributed by atoms with van der Waals surface area (Å²) < 4.78 is 1.76. The third-order valence-electron chi connectivity index (χ3n) is 3.77. The number of imidazole rings is 1. The number of carboxylic acid groups (broad SMARTS) is 1. The molecule has 0 aliphatic carbocycles. The minimum absolute atomic E-state index is 0.0406. The number of hydrogen-bond donors (Lipinski definition) is 3. The van der Waals surface area contributed by atoms with E-state index in [1.807, 2.05) is 24.3 Å². The van der Waals surface area contributed by atoms with Crippen molar-refractivity contribution in [3.8, 4) is 16.9 Å². The van der Waals surface area contributed by atoms with Crippen LogP contribution in [-0.4, -0.2) is 31.4 Å². The molecule has 0 amide bonds. The lowest BCUT2D eigenvalue weighted by Gasteiger charge is -2.05. The molecule has 25 heavy (non-hydrogen) atoms. The number of pyridine rings is 1. The molecule has 0 atom stereocenters. The smallest absolute Gasteiger partial charge is 0.303 e. The lowest BCUT2D eigenvalue weighted by molar-refractivity contribution is -0.136. The molecule has 2 heterocycles. The number of nitrogen functional groups attached to an aromatic ring is 1. The minimum atomic E-state index is -0.840. The van der Waals surface area contributed by atoms with Crippen LogP contribution in [0.3, 0.4) is 0 Å². The fourth-order valence-corrected chi connectivity index (χ4v) is 2.40. The molecule has 0 saturated heterocycles. The van der Waals surface area contributed by atoms with Gasteiger partial charge in [-0.2, -0.15) is 0 Å². The molecule has 3 aromatic rings. The summed E-state index contributed by atoms with van der Waals surface area (Å²) in [7, 11) is 0. The van der Waals surface area contributed by atoms with E-state index in [2.05, 4.69) is 9.97 Å². The van der Waals surface area contributed by atoms with Gasteiger partial charge in [-0.05, 0) is 17.7 Å². The van der Waals surface area contributed by atoms with E-state index in [1.54, 1.807) is 35.4 Å². The first-order valence-electron chi connectivity index (χ1n) is 7.69. The molecule has 0 saturated carbocycles. The average Bonchev–Trinajstić information content (AvgIpc) is 3.09. The van der Waals surface area contributed by atoms with Crippen LogP contribution in [0.2, 0.25) is 0 Å². The summed E-state index contributed by atoms with van der Waals surface area (Å²) in [4.78, 5) is 19.2. The zero-order chi connectivity index (χ0) is 17.8. The first-order chi connectivity index (χ1) is 12.0. The fraction of sp³-hybridized carbons (Fsp3) is 0.111. The van der Waals surface area contributed by atoms with Gasteiger partial charge in [0.2, 0.25) is 0 Å². The third kappa shape index (κ3) is 3.89. The molecule has 0 fully saturated rings. The van der Waals surface area contributed by atoms with E-state index in [0.29, 0.717) is 23.5 Å². The van der Waals surface area contributed by atoms with Gasteiger partial charge in [0, 0.05) is 29.9 Å². The summed E-state index contributed by atoms with van der Waals surface area (Å²) in [5.74, 6) is -0.0927. The summed E-state index contributed by atoms with van der Waals surface area (Å²) in [6.45, 7) is 0. The Bertz CT molecular complexity index is 898. The van der Waals surface area contributed by atoms with Crippen LogP contribution in [0, 0.1) is 5.41 Å². The Labute approximate surface area is 144 Å². The number of carboxylic acids is 1. The van der Waals surface area contributed by atoms with Crippen LogP contribution in [0.1, 0.15) is 17.7 Å². The second kappa shape index (κ2) is 6.96. The Balaban J connectivity index is 1.76. The number of nitrogens with one attached hydrogen (secondary N) is 1. The predicted octanol–water partition coefficient (Wildman–Crippen LogP) is 2.24. The van der Waals surface area contributed by atoms with Crippen molar-refractivity contribution in [1.82, 2.24) is 14.5 Å². The minimum Gasteiger partial charge on any atom is -0.481 e. The number of aliphatic carboxylic acids is 1. The third-order valence-corrected chi connectivity index (χ3v) is 3.77. The molecule has 0 aliphatic rings. The molecule has 7 heteroatoms. The lowest BCUT2D eigenvalue weighted by Crippen LogP contribution is -2.10. The molecule has 7 nitrogen and oxygen atoms in total. The predicted molar refractivity (Wildman–Crippen MR) is 93.8 cm³/mol. The SMILES string of the molecule is N=C(N)c1ccc(-c2ccc(-n3cnc(CCC(=O)O)c3)nc2)cc1. The Morgan fingerprint density at radius 3 is 2.44 bits per heavy atom. The number of hydrogen-bond acceptors (Lipinski definition) is 4. The number of benzene rings is 1. The van der Waals surface area contributed by atoms with E-state index in [9.17, 15) is 4.79 Å². The van der Waals surface area contributed by atoms with E-state index < -0.39 is 5.97 Å². The lowest BCUT2D eigenvalue weighted by atomic mass is 10.1. The van der Waals surface area contributed by atoms with Crippen molar-refractivity contribution in [2.75, 3.05) is 0 Å². The van der Waals surface area contributed by atoms with Gasteiger partial charge in [0.05, 0.1) is 12.1 Å². The first-order valence-corrected chi connectivity index (χ1v) is 7.69. The maximum absolute atomic E-state index is 10.6. The molecule has 0 aliphatic heterocycles. The number of rotatable bonds is 6.